The highest BCUT2D eigenvalue weighted by Gasteiger charge is 2.14. The number of nitrogens with one attached hydrogen (secondary N) is 1. The highest BCUT2D eigenvalue weighted by molar-refractivity contribution is 6.31. The van der Waals surface area contributed by atoms with Gasteiger partial charge in [-0.05, 0) is 36.8 Å². The summed E-state index contributed by atoms with van der Waals surface area (Å²) in [6.45, 7) is 2.16. The molecule has 1 unspecified atom stereocenters. The minimum atomic E-state index is -0.473. The van der Waals surface area contributed by atoms with Gasteiger partial charge in [0.15, 0.2) is 0 Å². The molecule has 23 heavy (non-hydrogen) atoms. The number of ether oxygens (including phenoxy) is 1. The highest BCUT2D eigenvalue weighted by Crippen LogP contribution is 2.27. The van der Waals surface area contributed by atoms with Crippen LogP contribution >= 0.6 is 11.6 Å². The average molecular weight is 339 g/mol. The van der Waals surface area contributed by atoms with Crippen LogP contribution in [0.1, 0.15) is 24.1 Å². The maximum Gasteiger partial charge on any atom is 0.269 e. The molecule has 7 heteroatoms. The van der Waals surface area contributed by atoms with E-state index in [1.165, 1.54) is 37.4 Å². The normalized spacial score (nSPS) is 12.0. The largest absolute Gasteiger partial charge is 0.496 e. The zero-order valence-corrected chi connectivity index (χ0v) is 13.4. The number of hydrogen-bond acceptors (Lipinski definition) is 4. The lowest BCUT2D eigenvalue weighted by Crippen LogP contribution is -2.19. The first kappa shape index (κ1) is 17.2. The smallest absolute Gasteiger partial charge is 0.269 e. The molecular formula is C16H16ClFN2O3. The van der Waals surface area contributed by atoms with Crippen molar-refractivity contribution in [1.82, 2.24) is 5.32 Å². The Morgan fingerprint density at radius 1 is 1.35 bits per heavy atom. The van der Waals surface area contributed by atoms with Gasteiger partial charge >= 0.3 is 0 Å². The first-order valence-electron chi connectivity index (χ1n) is 6.92. The van der Waals surface area contributed by atoms with E-state index in [4.69, 9.17) is 16.3 Å². The van der Waals surface area contributed by atoms with Gasteiger partial charge in [-0.15, -0.1) is 0 Å². The van der Waals surface area contributed by atoms with E-state index in [1.54, 1.807) is 6.07 Å². The van der Waals surface area contributed by atoms with Crippen LogP contribution in [0, 0.1) is 15.9 Å². The van der Waals surface area contributed by atoms with E-state index in [0.29, 0.717) is 28.4 Å². The van der Waals surface area contributed by atoms with Crippen LogP contribution < -0.4 is 10.1 Å². The first-order valence-corrected chi connectivity index (χ1v) is 7.29. The lowest BCUT2D eigenvalue weighted by molar-refractivity contribution is -0.384. The SMILES string of the molecule is COc1ccc(F)cc1C(C)NCc1cc([N+](=O)[O-])ccc1Cl. The Bertz CT molecular complexity index is 724. The molecule has 0 aliphatic rings. The number of halogens is 2. The molecule has 2 rings (SSSR count). The van der Waals surface area contributed by atoms with Gasteiger partial charge < -0.3 is 10.1 Å². The van der Waals surface area contributed by atoms with Crippen molar-refractivity contribution >= 4 is 17.3 Å². The summed E-state index contributed by atoms with van der Waals surface area (Å²) in [6.07, 6.45) is 0. The second kappa shape index (κ2) is 7.39. The van der Waals surface area contributed by atoms with Crippen LogP contribution in [0.2, 0.25) is 5.02 Å². The lowest BCUT2D eigenvalue weighted by atomic mass is 10.1. The molecule has 5 nitrogen and oxygen atoms in total. The van der Waals surface area contributed by atoms with Crippen LogP contribution in [0.4, 0.5) is 10.1 Å². The van der Waals surface area contributed by atoms with Crippen molar-refractivity contribution in [3.05, 3.63) is 68.5 Å². The van der Waals surface area contributed by atoms with Gasteiger partial charge in [0.25, 0.3) is 5.69 Å². The number of rotatable bonds is 6. The molecule has 0 saturated heterocycles. The van der Waals surface area contributed by atoms with E-state index < -0.39 is 4.92 Å². The lowest BCUT2D eigenvalue weighted by Gasteiger charge is -2.18. The van der Waals surface area contributed by atoms with Gasteiger partial charge in [0.2, 0.25) is 0 Å². The zero-order valence-electron chi connectivity index (χ0n) is 12.7. The third kappa shape index (κ3) is 4.18. The van der Waals surface area contributed by atoms with Gasteiger partial charge in [0.05, 0.1) is 12.0 Å². The monoisotopic (exact) mass is 338 g/mol. The summed E-state index contributed by atoms with van der Waals surface area (Å²) in [4.78, 5) is 10.4. The molecule has 2 aromatic rings. The van der Waals surface area contributed by atoms with Crippen LogP contribution in [0.3, 0.4) is 0 Å². The topological polar surface area (TPSA) is 64.4 Å². The molecule has 0 spiro atoms. The quantitative estimate of drug-likeness (QED) is 0.631. The molecule has 1 N–H and O–H groups in total. The fourth-order valence-electron chi connectivity index (χ4n) is 2.23. The molecule has 0 aliphatic heterocycles. The van der Waals surface area contributed by atoms with Gasteiger partial charge in [-0.25, -0.2) is 4.39 Å². The van der Waals surface area contributed by atoms with Crippen molar-refractivity contribution < 1.29 is 14.1 Å². The predicted molar refractivity (Wildman–Crippen MR) is 86.3 cm³/mol. The molecule has 122 valence electrons. The van der Waals surface area contributed by atoms with E-state index in [0.717, 1.165) is 0 Å². The van der Waals surface area contributed by atoms with Crippen molar-refractivity contribution in [1.29, 1.82) is 0 Å². The van der Waals surface area contributed by atoms with Crippen LogP contribution in [0.15, 0.2) is 36.4 Å². The average Bonchev–Trinajstić information content (AvgIpc) is 2.53. The van der Waals surface area contributed by atoms with E-state index in [2.05, 4.69) is 5.32 Å². The number of non-ortho nitro benzene ring substituents is 1. The highest BCUT2D eigenvalue weighted by atomic mass is 35.5. The Labute approximate surface area is 138 Å². The Morgan fingerprint density at radius 2 is 2.09 bits per heavy atom. The summed E-state index contributed by atoms with van der Waals surface area (Å²) in [5.41, 5.74) is 1.24. The summed E-state index contributed by atoms with van der Waals surface area (Å²) in [5, 5.41) is 14.4. The maximum absolute atomic E-state index is 13.4. The van der Waals surface area contributed by atoms with Gasteiger partial charge in [-0.3, -0.25) is 10.1 Å². The van der Waals surface area contributed by atoms with Crippen molar-refractivity contribution in [2.24, 2.45) is 0 Å². The van der Waals surface area contributed by atoms with Crippen molar-refractivity contribution in [3.8, 4) is 5.75 Å². The molecule has 0 amide bonds. The number of nitro groups is 1. The standard InChI is InChI=1S/C16H16ClFN2O3/c1-10(14-8-12(18)3-6-16(14)23-2)19-9-11-7-13(20(21)22)4-5-15(11)17/h3-8,10,19H,9H2,1-2H3. The zero-order chi connectivity index (χ0) is 17.0. The van der Waals surface area contributed by atoms with Crippen LogP contribution in [-0.4, -0.2) is 12.0 Å². The van der Waals surface area contributed by atoms with Crippen molar-refractivity contribution in [2.45, 2.75) is 19.5 Å². The Morgan fingerprint density at radius 3 is 2.74 bits per heavy atom. The van der Waals surface area contributed by atoms with Gasteiger partial charge in [0, 0.05) is 35.3 Å². The molecule has 0 aromatic heterocycles. The Hall–Kier alpha value is -2.18. The van der Waals surface area contributed by atoms with E-state index in [-0.39, 0.29) is 17.5 Å². The Kier molecular flexibility index (Phi) is 5.52. The fourth-order valence-corrected chi connectivity index (χ4v) is 2.41. The molecule has 0 fully saturated rings. The number of hydrogen-bond donors (Lipinski definition) is 1. The van der Waals surface area contributed by atoms with Crippen molar-refractivity contribution in [2.75, 3.05) is 7.11 Å². The minimum absolute atomic E-state index is 0.0258. The van der Waals surface area contributed by atoms with E-state index >= 15 is 0 Å². The summed E-state index contributed by atoms with van der Waals surface area (Å²) in [7, 11) is 1.51. The molecular weight excluding hydrogens is 323 g/mol. The first-order chi connectivity index (χ1) is 10.9. The van der Waals surface area contributed by atoms with Gasteiger partial charge in [0.1, 0.15) is 11.6 Å². The summed E-state index contributed by atoms with van der Waals surface area (Å²) in [6, 6.07) is 8.32. The number of nitrogens with zero attached hydrogens (tertiary/aromatic N) is 1. The molecule has 0 aliphatic carbocycles. The molecule has 0 heterocycles. The van der Waals surface area contributed by atoms with E-state index in [9.17, 15) is 14.5 Å². The molecule has 1 atom stereocenters. The molecule has 2 aromatic carbocycles. The molecule has 0 bridgehead atoms. The predicted octanol–water partition coefficient (Wildman–Crippen LogP) is 4.25. The second-order valence-electron chi connectivity index (χ2n) is 5.02. The van der Waals surface area contributed by atoms with Crippen molar-refractivity contribution in [3.63, 3.8) is 0 Å². The van der Waals surface area contributed by atoms with E-state index in [1.807, 2.05) is 6.92 Å². The van der Waals surface area contributed by atoms with Crippen LogP contribution in [-0.2, 0) is 6.54 Å². The summed E-state index contributed by atoms with van der Waals surface area (Å²) < 4.78 is 18.7. The Balaban J connectivity index is 2.16. The fraction of sp³-hybridized carbons (Fsp3) is 0.250. The number of nitro benzene ring substituents is 1. The summed E-state index contributed by atoms with van der Waals surface area (Å²) in [5.74, 6) is 0.208. The molecule has 0 saturated carbocycles. The summed E-state index contributed by atoms with van der Waals surface area (Å²) >= 11 is 6.07. The third-order valence-electron chi connectivity index (χ3n) is 3.50. The number of benzene rings is 2. The maximum atomic E-state index is 13.4. The third-order valence-corrected chi connectivity index (χ3v) is 3.87. The second-order valence-corrected chi connectivity index (χ2v) is 5.43. The van der Waals surface area contributed by atoms with Crippen LogP contribution in [0.25, 0.3) is 0 Å². The van der Waals surface area contributed by atoms with Gasteiger partial charge in [-0.1, -0.05) is 11.6 Å². The molecule has 0 radical (unpaired) electrons. The van der Waals surface area contributed by atoms with Gasteiger partial charge in [-0.2, -0.15) is 0 Å². The van der Waals surface area contributed by atoms with Crippen LogP contribution in [0.5, 0.6) is 5.75 Å². The minimum Gasteiger partial charge on any atom is -0.496 e. The number of methoxy groups -OCH3 is 1.